The van der Waals surface area contributed by atoms with Gasteiger partial charge in [-0.25, -0.2) is 8.42 Å². The Labute approximate surface area is 172 Å². The zero-order valence-corrected chi connectivity index (χ0v) is 17.5. The number of sulfonamides is 1. The summed E-state index contributed by atoms with van der Waals surface area (Å²) >= 11 is 0. The van der Waals surface area contributed by atoms with Crippen LogP contribution in [-0.2, 0) is 10.0 Å². The molecule has 0 aromatic heterocycles. The van der Waals surface area contributed by atoms with E-state index in [2.05, 4.69) is 0 Å². The second-order valence-electron chi connectivity index (χ2n) is 7.49. The zero-order valence-electron chi connectivity index (χ0n) is 16.7. The Kier molecular flexibility index (Phi) is 5.96. The third kappa shape index (κ3) is 4.36. The number of benzene rings is 2. The van der Waals surface area contributed by atoms with Crippen LogP contribution in [0.1, 0.15) is 37.2 Å². The van der Waals surface area contributed by atoms with Crippen molar-refractivity contribution in [3.63, 3.8) is 0 Å². The third-order valence-electron chi connectivity index (χ3n) is 5.58. The second-order valence-corrected chi connectivity index (χ2v) is 9.43. The Morgan fingerprint density at radius 3 is 2.48 bits per heavy atom. The van der Waals surface area contributed by atoms with Crippen molar-refractivity contribution in [1.29, 1.82) is 0 Å². The minimum absolute atomic E-state index is 0.165. The molecule has 1 fully saturated rings. The molecule has 2 aromatic rings. The smallest absolute Gasteiger partial charge is 0.243 e. The number of hydrogen-bond donors (Lipinski definition) is 0. The molecule has 0 N–H and O–H groups in total. The van der Waals surface area contributed by atoms with E-state index in [1.54, 1.807) is 29.6 Å². The van der Waals surface area contributed by atoms with Gasteiger partial charge in [0.2, 0.25) is 10.0 Å². The van der Waals surface area contributed by atoms with E-state index in [-0.39, 0.29) is 10.8 Å². The molecule has 2 aliphatic heterocycles. The minimum Gasteiger partial charge on any atom is -0.497 e. The molecule has 4 rings (SSSR count). The van der Waals surface area contributed by atoms with Crippen LogP contribution in [0.3, 0.4) is 0 Å². The molecule has 6 nitrogen and oxygen atoms in total. The van der Waals surface area contributed by atoms with Gasteiger partial charge in [0.25, 0.3) is 0 Å². The lowest BCUT2D eigenvalue weighted by molar-refractivity contribution is 0.296. The number of rotatable bonds is 4. The predicted octanol–water partition coefficient (Wildman–Crippen LogP) is 3.81. The summed E-state index contributed by atoms with van der Waals surface area (Å²) in [7, 11) is -1.97. The third-order valence-corrected chi connectivity index (χ3v) is 7.44. The van der Waals surface area contributed by atoms with Crippen LogP contribution in [0, 0.1) is 0 Å². The summed E-state index contributed by atoms with van der Waals surface area (Å²) in [6.45, 7) is 2.11. The monoisotopic (exact) mass is 417 g/mol. The van der Waals surface area contributed by atoms with Crippen molar-refractivity contribution < 1.29 is 22.6 Å². The summed E-state index contributed by atoms with van der Waals surface area (Å²) in [6.07, 6.45) is 3.62. The Morgan fingerprint density at radius 1 is 0.966 bits per heavy atom. The molecule has 2 heterocycles. The van der Waals surface area contributed by atoms with Gasteiger partial charge >= 0.3 is 0 Å². The summed E-state index contributed by atoms with van der Waals surface area (Å²) in [4.78, 5) is 0.261. The highest BCUT2D eigenvalue weighted by molar-refractivity contribution is 7.89. The van der Waals surface area contributed by atoms with Gasteiger partial charge in [-0.3, -0.25) is 0 Å². The molecule has 0 amide bonds. The number of methoxy groups -OCH3 is 1. The van der Waals surface area contributed by atoms with Crippen LogP contribution in [0.2, 0.25) is 0 Å². The lowest BCUT2D eigenvalue weighted by Gasteiger charge is -2.24. The maximum atomic E-state index is 13.4. The summed E-state index contributed by atoms with van der Waals surface area (Å²) in [6, 6.07) is 12.9. The molecule has 0 spiro atoms. The van der Waals surface area contributed by atoms with Crippen molar-refractivity contribution in [3.8, 4) is 17.2 Å². The fourth-order valence-corrected chi connectivity index (χ4v) is 5.47. The van der Waals surface area contributed by atoms with E-state index in [0.717, 1.165) is 37.0 Å². The minimum atomic E-state index is -3.61. The summed E-state index contributed by atoms with van der Waals surface area (Å²) < 4.78 is 45.0. The molecule has 0 aliphatic carbocycles. The van der Waals surface area contributed by atoms with Gasteiger partial charge in [-0.05, 0) is 48.6 Å². The lowest BCUT2D eigenvalue weighted by Crippen LogP contribution is -2.34. The van der Waals surface area contributed by atoms with Crippen molar-refractivity contribution in [1.82, 2.24) is 4.31 Å². The van der Waals surface area contributed by atoms with E-state index in [1.165, 1.54) is 0 Å². The van der Waals surface area contributed by atoms with Gasteiger partial charge in [0.05, 0.1) is 25.2 Å². The Morgan fingerprint density at radius 2 is 1.72 bits per heavy atom. The van der Waals surface area contributed by atoms with Crippen LogP contribution in [-0.4, -0.2) is 46.1 Å². The average molecular weight is 418 g/mol. The van der Waals surface area contributed by atoms with Crippen molar-refractivity contribution in [2.45, 2.75) is 36.5 Å². The Bertz CT molecular complexity index is 942. The van der Waals surface area contributed by atoms with Gasteiger partial charge in [-0.2, -0.15) is 4.31 Å². The van der Waals surface area contributed by atoms with E-state index in [9.17, 15) is 8.42 Å². The largest absolute Gasteiger partial charge is 0.497 e. The SMILES string of the molecule is COc1ccc(C2CCCCN(S(=O)(=O)c3ccc4c(c3)OCCCO4)C2)cc1. The maximum Gasteiger partial charge on any atom is 0.243 e. The van der Waals surface area contributed by atoms with Crippen LogP contribution in [0.25, 0.3) is 0 Å². The van der Waals surface area contributed by atoms with Crippen molar-refractivity contribution in [2.75, 3.05) is 33.4 Å². The van der Waals surface area contributed by atoms with Crippen LogP contribution in [0.5, 0.6) is 17.2 Å². The average Bonchev–Trinajstić information content (AvgIpc) is 3.14. The molecule has 0 radical (unpaired) electrons. The predicted molar refractivity (Wildman–Crippen MR) is 110 cm³/mol. The molecule has 0 bridgehead atoms. The van der Waals surface area contributed by atoms with Crippen LogP contribution < -0.4 is 14.2 Å². The molecular formula is C22H27NO5S. The van der Waals surface area contributed by atoms with Gasteiger partial charge in [0, 0.05) is 25.6 Å². The molecule has 1 saturated heterocycles. The highest BCUT2D eigenvalue weighted by Crippen LogP contribution is 2.35. The van der Waals surface area contributed by atoms with Crippen LogP contribution >= 0.6 is 0 Å². The second kappa shape index (κ2) is 8.63. The van der Waals surface area contributed by atoms with Crippen molar-refractivity contribution >= 4 is 10.0 Å². The van der Waals surface area contributed by atoms with E-state index in [1.807, 2.05) is 24.3 Å². The molecule has 2 aliphatic rings. The Balaban J connectivity index is 1.59. The van der Waals surface area contributed by atoms with Gasteiger partial charge in [0.15, 0.2) is 11.5 Å². The highest BCUT2D eigenvalue weighted by Gasteiger charge is 2.30. The molecular weight excluding hydrogens is 390 g/mol. The van der Waals surface area contributed by atoms with Crippen molar-refractivity contribution in [2.24, 2.45) is 0 Å². The van der Waals surface area contributed by atoms with E-state index in [0.29, 0.717) is 37.8 Å². The van der Waals surface area contributed by atoms with Gasteiger partial charge in [-0.1, -0.05) is 18.6 Å². The standard InChI is InChI=1S/C22H27NO5S/c1-26-19-8-6-17(7-9-19)18-5-2-3-12-23(16-18)29(24,25)20-10-11-21-22(15-20)28-14-4-13-27-21/h6-11,15,18H,2-5,12-14,16H2,1H3. The number of fused-ring (bicyclic) bond motifs is 1. The lowest BCUT2D eigenvalue weighted by atomic mass is 9.94. The molecule has 7 heteroatoms. The van der Waals surface area contributed by atoms with Crippen LogP contribution in [0.4, 0.5) is 0 Å². The fourth-order valence-electron chi connectivity index (χ4n) is 3.93. The number of ether oxygens (including phenoxy) is 3. The quantitative estimate of drug-likeness (QED) is 0.757. The summed E-state index contributed by atoms with van der Waals surface area (Å²) in [5.74, 6) is 2.08. The van der Waals surface area contributed by atoms with E-state index < -0.39 is 10.0 Å². The molecule has 1 atom stereocenters. The number of hydrogen-bond acceptors (Lipinski definition) is 5. The van der Waals surface area contributed by atoms with Gasteiger partial charge < -0.3 is 14.2 Å². The highest BCUT2D eigenvalue weighted by atomic mass is 32.2. The fraction of sp³-hybridized carbons (Fsp3) is 0.455. The normalized spacial score (nSPS) is 20.5. The van der Waals surface area contributed by atoms with E-state index in [4.69, 9.17) is 14.2 Å². The topological polar surface area (TPSA) is 65.1 Å². The first kappa shape index (κ1) is 20.0. The van der Waals surface area contributed by atoms with Crippen molar-refractivity contribution in [3.05, 3.63) is 48.0 Å². The summed E-state index contributed by atoms with van der Waals surface area (Å²) in [5, 5.41) is 0. The first-order valence-electron chi connectivity index (χ1n) is 10.1. The number of nitrogens with zero attached hydrogens (tertiary/aromatic N) is 1. The van der Waals surface area contributed by atoms with E-state index >= 15 is 0 Å². The molecule has 2 aromatic carbocycles. The van der Waals surface area contributed by atoms with Crippen LogP contribution in [0.15, 0.2) is 47.4 Å². The molecule has 1 unspecified atom stereocenters. The van der Waals surface area contributed by atoms with Gasteiger partial charge in [0.1, 0.15) is 5.75 Å². The maximum absolute atomic E-state index is 13.4. The van der Waals surface area contributed by atoms with Gasteiger partial charge in [-0.15, -0.1) is 0 Å². The summed E-state index contributed by atoms with van der Waals surface area (Å²) in [5.41, 5.74) is 1.14. The molecule has 0 saturated carbocycles. The molecule has 156 valence electrons. The first-order chi connectivity index (χ1) is 14.1. The first-order valence-corrected chi connectivity index (χ1v) is 11.6. The Hall–Kier alpha value is -2.25. The molecule has 29 heavy (non-hydrogen) atoms. The zero-order chi connectivity index (χ0) is 20.3.